The van der Waals surface area contributed by atoms with Crippen molar-refractivity contribution in [3.63, 3.8) is 0 Å². The molecule has 5 rings (SSSR count). The molecule has 3 aliphatic rings. The van der Waals surface area contributed by atoms with E-state index in [1.807, 2.05) is 12.1 Å². The standard InChI is InChI=1S/C39H54F2/c1-3-5-7-9-29-10-14-30(15-11-29)34-22-25-37(39(41)26-34)33-20-18-31(19-21-33)35-23-24-36(38(40)27-35)32-16-12-28(13-17-32)8-6-4-2/h16,22-31,33H,3-15,17-21H2,1-2H3. The molecule has 2 aromatic rings. The summed E-state index contributed by atoms with van der Waals surface area (Å²) in [5, 5.41) is 0. The number of halogens is 2. The van der Waals surface area contributed by atoms with Crippen molar-refractivity contribution in [1.29, 1.82) is 0 Å². The van der Waals surface area contributed by atoms with Crippen molar-refractivity contribution in [1.82, 2.24) is 0 Å². The molecule has 3 aliphatic carbocycles. The van der Waals surface area contributed by atoms with E-state index in [1.54, 1.807) is 6.07 Å². The van der Waals surface area contributed by atoms with Crippen LogP contribution in [0.15, 0.2) is 42.5 Å². The van der Waals surface area contributed by atoms with Crippen molar-refractivity contribution in [2.75, 3.05) is 0 Å². The molecule has 2 aromatic carbocycles. The maximum absolute atomic E-state index is 15.4. The Hall–Kier alpha value is -1.96. The van der Waals surface area contributed by atoms with Crippen LogP contribution in [0.25, 0.3) is 5.57 Å². The summed E-state index contributed by atoms with van der Waals surface area (Å²) < 4.78 is 30.7. The lowest BCUT2D eigenvalue weighted by molar-refractivity contribution is 0.302. The molecule has 0 N–H and O–H groups in total. The first kappa shape index (κ1) is 30.5. The Morgan fingerprint density at radius 2 is 1.22 bits per heavy atom. The van der Waals surface area contributed by atoms with Crippen LogP contribution in [0.5, 0.6) is 0 Å². The predicted octanol–water partition coefficient (Wildman–Crippen LogP) is 12.6. The van der Waals surface area contributed by atoms with Crippen LogP contribution in [0, 0.1) is 23.5 Å². The second kappa shape index (κ2) is 15.0. The highest BCUT2D eigenvalue weighted by molar-refractivity contribution is 5.67. The Kier molecular flexibility index (Phi) is 11.1. The zero-order valence-electron chi connectivity index (χ0n) is 25.9. The quantitative estimate of drug-likeness (QED) is 0.240. The van der Waals surface area contributed by atoms with Crippen LogP contribution in [-0.4, -0.2) is 0 Å². The maximum atomic E-state index is 15.4. The molecule has 41 heavy (non-hydrogen) atoms. The number of allylic oxidation sites excluding steroid dienone is 2. The van der Waals surface area contributed by atoms with E-state index in [0.29, 0.717) is 11.8 Å². The molecule has 0 aliphatic heterocycles. The topological polar surface area (TPSA) is 0 Å². The maximum Gasteiger partial charge on any atom is 0.130 e. The molecule has 0 saturated heterocycles. The highest BCUT2D eigenvalue weighted by atomic mass is 19.1. The van der Waals surface area contributed by atoms with E-state index in [-0.39, 0.29) is 17.6 Å². The molecule has 2 fully saturated rings. The van der Waals surface area contributed by atoms with Crippen molar-refractivity contribution < 1.29 is 8.78 Å². The van der Waals surface area contributed by atoms with Gasteiger partial charge in [0.2, 0.25) is 0 Å². The Morgan fingerprint density at radius 3 is 1.83 bits per heavy atom. The molecule has 0 bridgehead atoms. The van der Waals surface area contributed by atoms with Gasteiger partial charge < -0.3 is 0 Å². The lowest BCUT2D eigenvalue weighted by Crippen LogP contribution is -2.15. The first-order chi connectivity index (χ1) is 20.1. The van der Waals surface area contributed by atoms with Crippen LogP contribution >= 0.6 is 0 Å². The van der Waals surface area contributed by atoms with E-state index < -0.39 is 0 Å². The number of unbranched alkanes of at least 4 members (excludes halogenated alkanes) is 3. The summed E-state index contributed by atoms with van der Waals surface area (Å²) >= 11 is 0. The molecule has 0 aromatic heterocycles. The predicted molar refractivity (Wildman–Crippen MR) is 170 cm³/mol. The Balaban J connectivity index is 1.13. The normalized spacial score (nSPS) is 27.0. The van der Waals surface area contributed by atoms with Crippen LogP contribution in [0.2, 0.25) is 0 Å². The zero-order valence-corrected chi connectivity index (χ0v) is 25.9. The summed E-state index contributed by atoms with van der Waals surface area (Å²) in [7, 11) is 0. The van der Waals surface area contributed by atoms with Crippen molar-refractivity contribution in [2.24, 2.45) is 11.8 Å². The summed E-state index contributed by atoms with van der Waals surface area (Å²) in [6.45, 7) is 4.53. The fraction of sp³-hybridized carbons (Fsp3) is 0.641. The van der Waals surface area contributed by atoms with Gasteiger partial charge in [0.25, 0.3) is 0 Å². The zero-order chi connectivity index (χ0) is 28.6. The van der Waals surface area contributed by atoms with Gasteiger partial charge in [-0.2, -0.15) is 0 Å². The van der Waals surface area contributed by atoms with Gasteiger partial charge in [0.05, 0.1) is 0 Å². The summed E-state index contributed by atoms with van der Waals surface area (Å²) in [5.74, 6) is 2.80. The van der Waals surface area contributed by atoms with E-state index in [9.17, 15) is 0 Å². The Morgan fingerprint density at radius 1 is 0.610 bits per heavy atom. The molecule has 224 valence electrons. The monoisotopic (exact) mass is 560 g/mol. The molecule has 2 heteroatoms. The van der Waals surface area contributed by atoms with Crippen LogP contribution in [0.4, 0.5) is 8.78 Å². The summed E-state index contributed by atoms with van der Waals surface area (Å²) in [6.07, 6.45) is 23.9. The third-order valence-electron chi connectivity index (χ3n) is 11.0. The number of benzene rings is 2. The average Bonchev–Trinajstić information content (AvgIpc) is 3.01. The minimum atomic E-state index is -0.0560. The van der Waals surface area contributed by atoms with Gasteiger partial charge in [0, 0.05) is 5.56 Å². The van der Waals surface area contributed by atoms with Crippen molar-refractivity contribution in [3.05, 3.63) is 76.4 Å². The molecule has 0 radical (unpaired) electrons. The molecule has 1 unspecified atom stereocenters. The van der Waals surface area contributed by atoms with Crippen molar-refractivity contribution in [3.8, 4) is 0 Å². The largest absolute Gasteiger partial charge is 0.207 e. The second-order valence-corrected chi connectivity index (χ2v) is 13.8. The van der Waals surface area contributed by atoms with E-state index >= 15 is 8.78 Å². The molecule has 0 amide bonds. The summed E-state index contributed by atoms with van der Waals surface area (Å²) in [4.78, 5) is 0. The minimum Gasteiger partial charge on any atom is -0.207 e. The number of hydrogen-bond acceptors (Lipinski definition) is 0. The Bertz CT molecular complexity index is 1130. The van der Waals surface area contributed by atoms with Gasteiger partial charge in [0.1, 0.15) is 11.6 Å². The fourth-order valence-electron chi connectivity index (χ4n) is 8.27. The smallest absolute Gasteiger partial charge is 0.130 e. The first-order valence-electron chi connectivity index (χ1n) is 17.3. The lowest BCUT2D eigenvalue weighted by atomic mass is 9.74. The van der Waals surface area contributed by atoms with Gasteiger partial charge in [-0.25, -0.2) is 8.78 Å². The van der Waals surface area contributed by atoms with E-state index in [1.165, 1.54) is 88.2 Å². The van der Waals surface area contributed by atoms with Crippen LogP contribution in [0.3, 0.4) is 0 Å². The van der Waals surface area contributed by atoms with Gasteiger partial charge in [0.15, 0.2) is 0 Å². The highest BCUT2D eigenvalue weighted by Crippen LogP contribution is 2.44. The fourth-order valence-corrected chi connectivity index (χ4v) is 8.27. The van der Waals surface area contributed by atoms with Crippen molar-refractivity contribution in [2.45, 2.75) is 147 Å². The molecular formula is C39H54F2. The van der Waals surface area contributed by atoms with E-state index in [2.05, 4.69) is 38.1 Å². The van der Waals surface area contributed by atoms with Crippen molar-refractivity contribution >= 4 is 5.57 Å². The second-order valence-electron chi connectivity index (χ2n) is 13.8. The molecule has 0 heterocycles. The SMILES string of the molecule is CCCCCC1CCC(c2ccc(C3CCC(c4ccc(C5=CCC(CCCC)CC5)c(F)c4)CC3)c(F)c2)CC1. The van der Waals surface area contributed by atoms with E-state index in [4.69, 9.17) is 0 Å². The average molecular weight is 561 g/mol. The van der Waals surface area contributed by atoms with Crippen LogP contribution < -0.4 is 0 Å². The third-order valence-corrected chi connectivity index (χ3v) is 11.0. The number of hydrogen-bond donors (Lipinski definition) is 0. The summed E-state index contributed by atoms with van der Waals surface area (Å²) in [6, 6.07) is 12.2. The van der Waals surface area contributed by atoms with Gasteiger partial charge >= 0.3 is 0 Å². The van der Waals surface area contributed by atoms with Gasteiger partial charge in [-0.3, -0.25) is 0 Å². The van der Waals surface area contributed by atoms with Gasteiger partial charge in [-0.1, -0.05) is 89.1 Å². The van der Waals surface area contributed by atoms with Crippen LogP contribution in [-0.2, 0) is 0 Å². The molecule has 1 atom stereocenters. The molecule has 0 nitrogen and oxygen atoms in total. The molecule has 0 spiro atoms. The number of rotatable bonds is 11. The van der Waals surface area contributed by atoms with Crippen LogP contribution in [0.1, 0.15) is 169 Å². The van der Waals surface area contributed by atoms with Gasteiger partial charge in [-0.15, -0.1) is 0 Å². The highest BCUT2D eigenvalue weighted by Gasteiger charge is 2.28. The minimum absolute atomic E-state index is 0.00380. The molecule has 2 saturated carbocycles. The third kappa shape index (κ3) is 7.91. The molecular weight excluding hydrogens is 506 g/mol. The Labute approximate surface area is 249 Å². The lowest BCUT2D eigenvalue weighted by Gasteiger charge is -2.31. The van der Waals surface area contributed by atoms with E-state index in [0.717, 1.165) is 67.1 Å². The summed E-state index contributed by atoms with van der Waals surface area (Å²) in [5.41, 5.74) is 5.26. The van der Waals surface area contributed by atoms with Gasteiger partial charge in [-0.05, 0) is 135 Å². The first-order valence-corrected chi connectivity index (χ1v) is 17.3.